The highest BCUT2D eigenvalue weighted by Gasteiger charge is 2.19. The smallest absolute Gasteiger partial charge is 0.145 e. The fraction of sp³-hybridized carbons (Fsp3) is 0.769. The highest BCUT2D eigenvalue weighted by atomic mass is 16.3. The number of aliphatic hydroxyl groups is 1. The van der Waals surface area contributed by atoms with Crippen molar-refractivity contribution in [3.8, 4) is 0 Å². The quantitative estimate of drug-likeness (QED) is 0.823. The number of aryl methyl sites for hydroxylation is 1. The zero-order valence-electron chi connectivity index (χ0n) is 11.0. The van der Waals surface area contributed by atoms with E-state index in [2.05, 4.69) is 10.00 Å². The highest BCUT2D eigenvalue weighted by Crippen LogP contribution is 2.16. The van der Waals surface area contributed by atoms with Gasteiger partial charge in [0, 0.05) is 25.3 Å². The number of nitrogens with zero attached hydrogens (tertiary/aromatic N) is 3. The van der Waals surface area contributed by atoms with Crippen molar-refractivity contribution in [3.05, 3.63) is 12.3 Å². The summed E-state index contributed by atoms with van der Waals surface area (Å²) in [6.45, 7) is 3.33. The third kappa shape index (κ3) is 3.71. The standard InChI is InChI=1S/C13H24N4O/c14-13-6-10-17(15-13)9-4-8-16-7-3-1-2-5-12(16)11-18/h6,10,12,18H,1-5,7-9,11H2,(H2,14,15). The van der Waals surface area contributed by atoms with Gasteiger partial charge in [-0.1, -0.05) is 12.8 Å². The van der Waals surface area contributed by atoms with E-state index in [1.54, 1.807) is 0 Å². The van der Waals surface area contributed by atoms with Gasteiger partial charge in [0.1, 0.15) is 5.82 Å². The lowest BCUT2D eigenvalue weighted by molar-refractivity contribution is 0.122. The maximum atomic E-state index is 9.43. The topological polar surface area (TPSA) is 67.3 Å². The second-order valence-corrected chi connectivity index (χ2v) is 5.08. The third-order valence-electron chi connectivity index (χ3n) is 3.70. The molecule has 1 saturated heterocycles. The molecular weight excluding hydrogens is 228 g/mol. The molecule has 5 nitrogen and oxygen atoms in total. The van der Waals surface area contributed by atoms with Crippen LogP contribution in [0.2, 0.25) is 0 Å². The van der Waals surface area contributed by atoms with Crippen molar-refractivity contribution in [3.63, 3.8) is 0 Å². The molecule has 1 aromatic rings. The van der Waals surface area contributed by atoms with E-state index in [0.29, 0.717) is 11.9 Å². The minimum atomic E-state index is 0.286. The second-order valence-electron chi connectivity index (χ2n) is 5.08. The molecule has 1 atom stereocenters. The molecule has 0 aromatic carbocycles. The summed E-state index contributed by atoms with van der Waals surface area (Å²) in [7, 11) is 0. The Kier molecular flexibility index (Phi) is 5.01. The third-order valence-corrected chi connectivity index (χ3v) is 3.70. The van der Waals surface area contributed by atoms with Crippen LogP contribution in [0.25, 0.3) is 0 Å². The van der Waals surface area contributed by atoms with Gasteiger partial charge in [-0.15, -0.1) is 0 Å². The summed E-state index contributed by atoms with van der Waals surface area (Å²) < 4.78 is 1.89. The molecule has 0 bridgehead atoms. The van der Waals surface area contributed by atoms with Crippen molar-refractivity contribution in [1.82, 2.24) is 14.7 Å². The van der Waals surface area contributed by atoms with Crippen LogP contribution in [0.4, 0.5) is 5.82 Å². The van der Waals surface area contributed by atoms with Crippen LogP contribution in [0.15, 0.2) is 12.3 Å². The van der Waals surface area contributed by atoms with Gasteiger partial charge in [-0.25, -0.2) is 0 Å². The summed E-state index contributed by atoms with van der Waals surface area (Å²) in [6.07, 6.45) is 7.90. The van der Waals surface area contributed by atoms with E-state index < -0.39 is 0 Å². The van der Waals surface area contributed by atoms with Crippen LogP contribution in [0.3, 0.4) is 0 Å². The van der Waals surface area contributed by atoms with Gasteiger partial charge in [-0.2, -0.15) is 5.10 Å². The summed E-state index contributed by atoms with van der Waals surface area (Å²) in [5.74, 6) is 0.581. The summed E-state index contributed by atoms with van der Waals surface area (Å²) in [5, 5.41) is 13.6. The average molecular weight is 252 g/mol. The van der Waals surface area contributed by atoms with E-state index in [1.165, 1.54) is 19.3 Å². The Hall–Kier alpha value is -1.07. The normalized spacial score (nSPS) is 21.9. The fourth-order valence-corrected chi connectivity index (χ4v) is 2.68. The molecule has 1 aliphatic rings. The zero-order chi connectivity index (χ0) is 12.8. The summed E-state index contributed by atoms with van der Waals surface area (Å²) >= 11 is 0. The molecule has 0 spiro atoms. The number of aliphatic hydroxyl groups excluding tert-OH is 1. The molecule has 1 unspecified atom stereocenters. The van der Waals surface area contributed by atoms with Crippen molar-refractivity contribution >= 4 is 5.82 Å². The van der Waals surface area contributed by atoms with Crippen molar-refractivity contribution < 1.29 is 5.11 Å². The van der Waals surface area contributed by atoms with E-state index in [0.717, 1.165) is 32.5 Å². The molecule has 18 heavy (non-hydrogen) atoms. The minimum absolute atomic E-state index is 0.286. The average Bonchev–Trinajstić information content (AvgIpc) is 2.64. The summed E-state index contributed by atoms with van der Waals surface area (Å²) in [5.41, 5.74) is 5.58. The van der Waals surface area contributed by atoms with Crippen LogP contribution < -0.4 is 5.73 Å². The number of aromatic nitrogens is 2. The van der Waals surface area contributed by atoms with Crippen molar-refractivity contribution in [1.29, 1.82) is 0 Å². The largest absolute Gasteiger partial charge is 0.395 e. The molecule has 3 N–H and O–H groups in total. The SMILES string of the molecule is Nc1ccn(CCCN2CCCCCC2CO)n1. The van der Waals surface area contributed by atoms with Gasteiger partial charge in [-0.3, -0.25) is 9.58 Å². The molecule has 1 aromatic heterocycles. The number of hydrogen-bond donors (Lipinski definition) is 2. The van der Waals surface area contributed by atoms with Crippen LogP contribution in [0, 0.1) is 0 Å². The molecule has 1 aliphatic heterocycles. The molecule has 2 heterocycles. The Bertz CT molecular complexity index is 353. The number of likely N-dealkylation sites (tertiary alicyclic amines) is 1. The first kappa shape index (κ1) is 13.4. The fourth-order valence-electron chi connectivity index (χ4n) is 2.68. The number of anilines is 1. The second kappa shape index (κ2) is 6.75. The molecule has 2 rings (SSSR count). The lowest BCUT2D eigenvalue weighted by atomic mass is 10.1. The summed E-state index contributed by atoms with van der Waals surface area (Å²) in [6, 6.07) is 2.18. The Morgan fingerprint density at radius 1 is 1.33 bits per heavy atom. The maximum Gasteiger partial charge on any atom is 0.145 e. The minimum Gasteiger partial charge on any atom is -0.395 e. The lowest BCUT2D eigenvalue weighted by Crippen LogP contribution is -2.38. The monoisotopic (exact) mass is 252 g/mol. The molecule has 1 fully saturated rings. The van der Waals surface area contributed by atoms with Crippen molar-refractivity contribution in [2.45, 2.75) is 44.7 Å². The van der Waals surface area contributed by atoms with Crippen LogP contribution >= 0.6 is 0 Å². The molecule has 0 radical (unpaired) electrons. The first-order chi connectivity index (χ1) is 8.79. The van der Waals surface area contributed by atoms with E-state index in [9.17, 15) is 5.11 Å². The van der Waals surface area contributed by atoms with Crippen LogP contribution in [-0.4, -0.2) is 45.5 Å². The van der Waals surface area contributed by atoms with Gasteiger partial charge >= 0.3 is 0 Å². The van der Waals surface area contributed by atoms with Gasteiger partial charge in [0.15, 0.2) is 0 Å². The van der Waals surface area contributed by atoms with E-state index in [4.69, 9.17) is 5.73 Å². The first-order valence-electron chi connectivity index (χ1n) is 6.93. The van der Waals surface area contributed by atoms with Crippen LogP contribution in [0.5, 0.6) is 0 Å². The highest BCUT2D eigenvalue weighted by molar-refractivity contribution is 5.23. The van der Waals surface area contributed by atoms with Gasteiger partial charge in [0.25, 0.3) is 0 Å². The molecule has 0 amide bonds. The van der Waals surface area contributed by atoms with Crippen molar-refractivity contribution in [2.75, 3.05) is 25.4 Å². The predicted molar refractivity (Wildman–Crippen MR) is 72.2 cm³/mol. The summed E-state index contributed by atoms with van der Waals surface area (Å²) in [4.78, 5) is 2.43. The van der Waals surface area contributed by atoms with Gasteiger partial charge in [-0.05, 0) is 31.9 Å². The Morgan fingerprint density at radius 3 is 2.94 bits per heavy atom. The van der Waals surface area contributed by atoms with Crippen LogP contribution in [0.1, 0.15) is 32.1 Å². The van der Waals surface area contributed by atoms with E-state index >= 15 is 0 Å². The number of nitrogen functional groups attached to an aromatic ring is 1. The maximum absolute atomic E-state index is 9.43. The molecule has 102 valence electrons. The number of rotatable bonds is 5. The van der Waals surface area contributed by atoms with E-state index in [-0.39, 0.29) is 6.61 Å². The lowest BCUT2D eigenvalue weighted by Gasteiger charge is -2.28. The Balaban J connectivity index is 1.76. The van der Waals surface area contributed by atoms with Gasteiger partial charge in [0.2, 0.25) is 0 Å². The molecule has 0 aliphatic carbocycles. The zero-order valence-corrected chi connectivity index (χ0v) is 11.0. The van der Waals surface area contributed by atoms with Gasteiger partial charge in [0.05, 0.1) is 6.61 Å². The molecular formula is C13H24N4O. The Morgan fingerprint density at radius 2 is 2.22 bits per heavy atom. The number of nitrogens with two attached hydrogens (primary N) is 1. The molecule has 0 saturated carbocycles. The van der Waals surface area contributed by atoms with E-state index in [1.807, 2.05) is 16.9 Å². The first-order valence-corrected chi connectivity index (χ1v) is 6.93. The number of hydrogen-bond acceptors (Lipinski definition) is 4. The van der Waals surface area contributed by atoms with Crippen LogP contribution in [-0.2, 0) is 6.54 Å². The Labute approximate surface area is 109 Å². The van der Waals surface area contributed by atoms with Gasteiger partial charge < -0.3 is 10.8 Å². The predicted octanol–water partition coefficient (Wildman–Crippen LogP) is 1.09. The molecule has 5 heteroatoms. The van der Waals surface area contributed by atoms with Crippen molar-refractivity contribution in [2.24, 2.45) is 0 Å².